The number of carbonyl (C=O) groups is 1. The van der Waals surface area contributed by atoms with E-state index in [2.05, 4.69) is 20.5 Å². The summed E-state index contributed by atoms with van der Waals surface area (Å²) in [6.45, 7) is 6.10. The van der Waals surface area contributed by atoms with Crippen molar-refractivity contribution in [3.05, 3.63) is 0 Å². The Hall–Kier alpha value is -1.34. The van der Waals surface area contributed by atoms with Gasteiger partial charge in [0.05, 0.1) is 13.2 Å². The van der Waals surface area contributed by atoms with Gasteiger partial charge < -0.3 is 25.0 Å². The number of guanidine groups is 1. The molecule has 2 fully saturated rings. The van der Waals surface area contributed by atoms with E-state index in [0.717, 1.165) is 77.7 Å². The second-order valence-electron chi connectivity index (χ2n) is 6.94. The van der Waals surface area contributed by atoms with Crippen molar-refractivity contribution < 1.29 is 14.3 Å². The standard InChI is InChI=1S/C18H34N4O3/c1-19-17(23)12-15-4-8-22(9-5-15)18(20-2)21-7-3-10-24-13-16-6-11-25-14-16/h15-16H,3-14H2,1-2H3,(H,19,23)(H,20,21). The fourth-order valence-electron chi connectivity index (χ4n) is 3.38. The number of piperidine rings is 1. The minimum absolute atomic E-state index is 0.144. The van der Waals surface area contributed by atoms with Gasteiger partial charge in [0.2, 0.25) is 5.91 Å². The van der Waals surface area contributed by atoms with E-state index in [-0.39, 0.29) is 5.91 Å². The Balaban J connectivity index is 1.55. The summed E-state index contributed by atoms with van der Waals surface area (Å²) in [6, 6.07) is 0. The summed E-state index contributed by atoms with van der Waals surface area (Å²) in [6.07, 6.45) is 4.82. The molecule has 1 amide bonds. The van der Waals surface area contributed by atoms with Gasteiger partial charge in [-0.1, -0.05) is 0 Å². The molecule has 1 atom stereocenters. The van der Waals surface area contributed by atoms with Gasteiger partial charge in [-0.05, 0) is 31.6 Å². The molecule has 25 heavy (non-hydrogen) atoms. The molecule has 0 aromatic rings. The first-order chi connectivity index (χ1) is 12.2. The van der Waals surface area contributed by atoms with Gasteiger partial charge in [-0.3, -0.25) is 9.79 Å². The van der Waals surface area contributed by atoms with E-state index in [4.69, 9.17) is 9.47 Å². The maximum absolute atomic E-state index is 11.5. The zero-order valence-corrected chi connectivity index (χ0v) is 15.8. The van der Waals surface area contributed by atoms with Gasteiger partial charge in [0.15, 0.2) is 5.96 Å². The molecule has 7 heteroatoms. The predicted octanol–water partition coefficient (Wildman–Crippen LogP) is 0.853. The van der Waals surface area contributed by atoms with Crippen LogP contribution in [0.5, 0.6) is 0 Å². The molecule has 0 saturated carbocycles. The highest BCUT2D eigenvalue weighted by Crippen LogP contribution is 2.20. The van der Waals surface area contributed by atoms with Gasteiger partial charge in [-0.25, -0.2) is 0 Å². The van der Waals surface area contributed by atoms with Crippen LogP contribution < -0.4 is 10.6 Å². The van der Waals surface area contributed by atoms with Crippen LogP contribution >= 0.6 is 0 Å². The number of amides is 1. The Morgan fingerprint density at radius 2 is 2.08 bits per heavy atom. The Morgan fingerprint density at radius 1 is 1.28 bits per heavy atom. The Bertz CT molecular complexity index is 417. The predicted molar refractivity (Wildman–Crippen MR) is 98.7 cm³/mol. The lowest BCUT2D eigenvalue weighted by atomic mass is 9.93. The number of rotatable bonds is 8. The molecule has 2 N–H and O–H groups in total. The Morgan fingerprint density at radius 3 is 2.72 bits per heavy atom. The average molecular weight is 354 g/mol. The topological polar surface area (TPSA) is 75.2 Å². The van der Waals surface area contributed by atoms with E-state index in [1.807, 2.05) is 7.05 Å². The molecule has 1 unspecified atom stereocenters. The van der Waals surface area contributed by atoms with E-state index in [0.29, 0.717) is 18.3 Å². The van der Waals surface area contributed by atoms with Crippen molar-refractivity contribution in [2.75, 3.05) is 60.2 Å². The number of hydrogen-bond acceptors (Lipinski definition) is 4. The lowest BCUT2D eigenvalue weighted by molar-refractivity contribution is -0.121. The lowest BCUT2D eigenvalue weighted by Gasteiger charge is -2.34. The second kappa shape index (κ2) is 11.3. The number of carbonyl (C=O) groups excluding carboxylic acids is 1. The summed E-state index contributed by atoms with van der Waals surface area (Å²) in [5.41, 5.74) is 0. The molecule has 0 spiro atoms. The van der Waals surface area contributed by atoms with Crippen molar-refractivity contribution in [1.29, 1.82) is 0 Å². The van der Waals surface area contributed by atoms with Crippen LogP contribution in [0, 0.1) is 11.8 Å². The SMILES string of the molecule is CN=C(NCCCOCC1CCOC1)N1CCC(CC(=O)NC)CC1. The highest BCUT2D eigenvalue weighted by atomic mass is 16.5. The van der Waals surface area contributed by atoms with Crippen molar-refractivity contribution in [3.63, 3.8) is 0 Å². The summed E-state index contributed by atoms with van der Waals surface area (Å²) in [7, 11) is 3.53. The Labute approximate surface area is 151 Å². The summed E-state index contributed by atoms with van der Waals surface area (Å²) in [5, 5.41) is 6.14. The van der Waals surface area contributed by atoms with Crippen molar-refractivity contribution in [2.45, 2.75) is 32.1 Å². The molecule has 2 heterocycles. The quantitative estimate of drug-likeness (QED) is 0.384. The molecule has 0 aromatic heterocycles. The zero-order chi connectivity index (χ0) is 17.9. The molecule has 0 radical (unpaired) electrons. The maximum atomic E-state index is 11.5. The van der Waals surface area contributed by atoms with Gasteiger partial charge in [0, 0.05) is 59.3 Å². The van der Waals surface area contributed by atoms with E-state index < -0.39 is 0 Å². The summed E-state index contributed by atoms with van der Waals surface area (Å²) in [5.74, 6) is 2.17. The van der Waals surface area contributed by atoms with Crippen LogP contribution in [0.15, 0.2) is 4.99 Å². The second-order valence-corrected chi connectivity index (χ2v) is 6.94. The first-order valence-electron chi connectivity index (χ1n) is 9.54. The molecule has 2 saturated heterocycles. The van der Waals surface area contributed by atoms with Gasteiger partial charge >= 0.3 is 0 Å². The molecule has 144 valence electrons. The zero-order valence-electron chi connectivity index (χ0n) is 15.8. The van der Waals surface area contributed by atoms with Crippen LogP contribution in [-0.4, -0.2) is 76.9 Å². The van der Waals surface area contributed by atoms with Crippen molar-refractivity contribution >= 4 is 11.9 Å². The van der Waals surface area contributed by atoms with Crippen LogP contribution in [0.3, 0.4) is 0 Å². The molecule has 0 aromatic carbocycles. The molecular weight excluding hydrogens is 320 g/mol. The smallest absolute Gasteiger partial charge is 0.220 e. The van der Waals surface area contributed by atoms with Crippen LogP contribution in [0.1, 0.15) is 32.1 Å². The van der Waals surface area contributed by atoms with E-state index in [1.54, 1.807) is 7.05 Å². The monoisotopic (exact) mass is 354 g/mol. The minimum Gasteiger partial charge on any atom is -0.381 e. The van der Waals surface area contributed by atoms with Crippen LogP contribution in [0.25, 0.3) is 0 Å². The summed E-state index contributed by atoms with van der Waals surface area (Å²) < 4.78 is 11.1. The minimum atomic E-state index is 0.144. The highest BCUT2D eigenvalue weighted by molar-refractivity contribution is 5.80. The van der Waals surface area contributed by atoms with E-state index >= 15 is 0 Å². The molecule has 2 aliphatic heterocycles. The number of aliphatic imine (C=N–C) groups is 1. The Kier molecular flexibility index (Phi) is 9.04. The van der Waals surface area contributed by atoms with Crippen molar-refractivity contribution in [3.8, 4) is 0 Å². The molecular formula is C18H34N4O3. The first kappa shape index (κ1) is 20.0. The largest absolute Gasteiger partial charge is 0.381 e. The lowest BCUT2D eigenvalue weighted by Crippen LogP contribution is -2.46. The number of nitrogens with zero attached hydrogens (tertiary/aromatic N) is 2. The third-order valence-corrected chi connectivity index (χ3v) is 5.00. The summed E-state index contributed by atoms with van der Waals surface area (Å²) >= 11 is 0. The molecule has 0 aliphatic carbocycles. The van der Waals surface area contributed by atoms with Gasteiger partial charge in [-0.2, -0.15) is 0 Å². The van der Waals surface area contributed by atoms with Crippen LogP contribution in [-0.2, 0) is 14.3 Å². The molecule has 2 rings (SSSR count). The molecule has 7 nitrogen and oxygen atoms in total. The van der Waals surface area contributed by atoms with Crippen LogP contribution in [0.2, 0.25) is 0 Å². The van der Waals surface area contributed by atoms with Crippen molar-refractivity contribution in [1.82, 2.24) is 15.5 Å². The fraction of sp³-hybridized carbons (Fsp3) is 0.889. The third kappa shape index (κ3) is 7.20. The normalized spacial score (nSPS) is 22.2. The summed E-state index contributed by atoms with van der Waals surface area (Å²) in [4.78, 5) is 18.2. The highest BCUT2D eigenvalue weighted by Gasteiger charge is 2.22. The van der Waals surface area contributed by atoms with Crippen LogP contribution in [0.4, 0.5) is 0 Å². The van der Waals surface area contributed by atoms with Gasteiger partial charge in [0.1, 0.15) is 0 Å². The average Bonchev–Trinajstić information content (AvgIpc) is 3.15. The van der Waals surface area contributed by atoms with E-state index in [1.165, 1.54) is 0 Å². The number of likely N-dealkylation sites (tertiary alicyclic amines) is 1. The number of hydrogen-bond donors (Lipinski definition) is 2. The van der Waals surface area contributed by atoms with Crippen molar-refractivity contribution in [2.24, 2.45) is 16.8 Å². The molecule has 2 aliphatic rings. The van der Waals surface area contributed by atoms with Gasteiger partial charge in [0.25, 0.3) is 0 Å². The van der Waals surface area contributed by atoms with E-state index in [9.17, 15) is 4.79 Å². The third-order valence-electron chi connectivity index (χ3n) is 5.00. The first-order valence-corrected chi connectivity index (χ1v) is 9.54. The molecule has 0 bridgehead atoms. The maximum Gasteiger partial charge on any atom is 0.220 e. The fourth-order valence-corrected chi connectivity index (χ4v) is 3.38. The number of ether oxygens (including phenoxy) is 2. The van der Waals surface area contributed by atoms with Gasteiger partial charge in [-0.15, -0.1) is 0 Å². The number of nitrogens with one attached hydrogen (secondary N) is 2.